The van der Waals surface area contributed by atoms with Crippen molar-refractivity contribution in [3.63, 3.8) is 0 Å². The van der Waals surface area contributed by atoms with Crippen molar-refractivity contribution in [2.75, 3.05) is 19.8 Å². The van der Waals surface area contributed by atoms with Gasteiger partial charge in [-0.3, -0.25) is 5.10 Å². The molecule has 1 fully saturated rings. The van der Waals surface area contributed by atoms with Crippen LogP contribution < -0.4 is 5.73 Å². The van der Waals surface area contributed by atoms with Crippen molar-refractivity contribution in [2.24, 2.45) is 5.73 Å². The molecule has 0 amide bonds. The molecule has 0 unspecified atom stereocenters. The molecule has 1 aliphatic heterocycles. The molecule has 3 N–H and O–H groups in total. The molecule has 2 heterocycles. The number of hydrogen-bond acceptors (Lipinski definition) is 5. The number of morpholine rings is 1. The summed E-state index contributed by atoms with van der Waals surface area (Å²) in [5.41, 5.74) is 5.88. The van der Waals surface area contributed by atoms with Crippen LogP contribution in [-0.2, 0) is 21.3 Å². The molecule has 0 atom stereocenters. The Morgan fingerprint density at radius 3 is 2.79 bits per heavy atom. The van der Waals surface area contributed by atoms with Gasteiger partial charge in [0.25, 0.3) is 0 Å². The Morgan fingerprint density at radius 2 is 2.21 bits per heavy atom. The van der Waals surface area contributed by atoms with Gasteiger partial charge in [-0.05, 0) is 20.8 Å². The first kappa shape index (κ1) is 14.4. The van der Waals surface area contributed by atoms with Crippen molar-refractivity contribution in [1.82, 2.24) is 14.5 Å². The molecule has 1 aromatic rings. The molecule has 0 aliphatic carbocycles. The van der Waals surface area contributed by atoms with E-state index < -0.39 is 15.6 Å². The van der Waals surface area contributed by atoms with Crippen LogP contribution in [-0.4, -0.2) is 48.2 Å². The molecule has 0 spiro atoms. The highest BCUT2D eigenvalue weighted by Gasteiger charge is 2.41. The van der Waals surface area contributed by atoms with E-state index in [0.29, 0.717) is 31.1 Å². The average molecular weight is 288 g/mol. The lowest BCUT2D eigenvalue weighted by Crippen LogP contribution is -2.55. The van der Waals surface area contributed by atoms with E-state index in [2.05, 4.69) is 10.2 Å². The van der Waals surface area contributed by atoms with Crippen molar-refractivity contribution < 1.29 is 13.2 Å². The summed E-state index contributed by atoms with van der Waals surface area (Å²) in [4.78, 5) is 0.199. The highest BCUT2D eigenvalue weighted by atomic mass is 32.2. The van der Waals surface area contributed by atoms with Crippen molar-refractivity contribution in [3.8, 4) is 0 Å². The molecule has 0 saturated carbocycles. The first-order chi connectivity index (χ1) is 8.80. The first-order valence-electron chi connectivity index (χ1n) is 6.15. The summed E-state index contributed by atoms with van der Waals surface area (Å²) in [6, 6.07) is 0. The standard InChI is InChI=1S/C11H20N4O3S/c1-8-10(9(6-12)14-13-8)19(16,17)15-4-5-18-7-11(15,2)3/h4-7,12H2,1-3H3,(H,13,14). The van der Waals surface area contributed by atoms with E-state index in [0.717, 1.165) is 0 Å². The molecule has 108 valence electrons. The molecule has 0 radical (unpaired) electrons. The lowest BCUT2D eigenvalue weighted by molar-refractivity contribution is -0.00774. The average Bonchev–Trinajstić information content (AvgIpc) is 2.70. The predicted octanol–water partition coefficient (Wildman–Crippen LogP) is -0.0237. The summed E-state index contributed by atoms with van der Waals surface area (Å²) in [6.45, 7) is 6.58. The van der Waals surface area contributed by atoms with E-state index >= 15 is 0 Å². The molecule has 8 heteroatoms. The van der Waals surface area contributed by atoms with Gasteiger partial charge in [-0.25, -0.2) is 8.42 Å². The third-order valence-corrected chi connectivity index (χ3v) is 5.59. The zero-order valence-electron chi connectivity index (χ0n) is 11.4. The van der Waals surface area contributed by atoms with Crippen LogP contribution in [0.25, 0.3) is 0 Å². The highest BCUT2D eigenvalue weighted by Crippen LogP contribution is 2.29. The van der Waals surface area contributed by atoms with Crippen LogP contribution in [0, 0.1) is 6.92 Å². The number of nitrogens with zero attached hydrogens (tertiary/aromatic N) is 2. The number of nitrogens with two attached hydrogens (primary N) is 1. The molecule has 7 nitrogen and oxygen atoms in total. The predicted molar refractivity (Wildman–Crippen MR) is 70.0 cm³/mol. The van der Waals surface area contributed by atoms with Gasteiger partial charge in [0.05, 0.1) is 30.1 Å². The number of nitrogens with one attached hydrogen (secondary N) is 1. The van der Waals surface area contributed by atoms with Gasteiger partial charge < -0.3 is 10.5 Å². The lowest BCUT2D eigenvalue weighted by atomic mass is 10.1. The summed E-state index contributed by atoms with van der Waals surface area (Å²) < 4.78 is 32.5. The van der Waals surface area contributed by atoms with Gasteiger partial charge in [-0.2, -0.15) is 9.40 Å². The minimum Gasteiger partial charge on any atom is -0.378 e. The quantitative estimate of drug-likeness (QED) is 0.813. The number of hydrogen-bond donors (Lipinski definition) is 2. The smallest absolute Gasteiger partial charge is 0.247 e. The molecule has 19 heavy (non-hydrogen) atoms. The number of ether oxygens (including phenoxy) is 1. The third-order valence-electron chi connectivity index (χ3n) is 3.27. The van der Waals surface area contributed by atoms with Gasteiger partial charge in [-0.1, -0.05) is 0 Å². The maximum absolute atomic E-state index is 12.8. The molecule has 2 rings (SSSR count). The Morgan fingerprint density at radius 1 is 1.53 bits per heavy atom. The maximum Gasteiger partial charge on any atom is 0.247 e. The van der Waals surface area contributed by atoms with E-state index in [1.807, 2.05) is 13.8 Å². The zero-order valence-corrected chi connectivity index (χ0v) is 12.2. The lowest BCUT2D eigenvalue weighted by Gasteiger charge is -2.40. The van der Waals surface area contributed by atoms with Crippen LogP contribution in [0.5, 0.6) is 0 Å². The number of aryl methyl sites for hydroxylation is 1. The first-order valence-corrected chi connectivity index (χ1v) is 7.59. The Hall–Kier alpha value is -0.960. The maximum atomic E-state index is 12.8. The molecule has 0 aromatic carbocycles. The Labute approximate surface area is 113 Å². The SMILES string of the molecule is Cc1[nH]nc(CN)c1S(=O)(=O)N1CCOCC1(C)C. The molecular formula is C11H20N4O3S. The van der Waals surface area contributed by atoms with Crippen molar-refractivity contribution >= 4 is 10.0 Å². The summed E-state index contributed by atoms with van der Waals surface area (Å²) in [7, 11) is -3.62. The Kier molecular flexibility index (Phi) is 3.69. The van der Waals surface area contributed by atoms with Gasteiger partial charge in [0.1, 0.15) is 4.90 Å². The van der Waals surface area contributed by atoms with Crippen LogP contribution in [0.3, 0.4) is 0 Å². The van der Waals surface area contributed by atoms with Crippen LogP contribution in [0.15, 0.2) is 4.90 Å². The van der Waals surface area contributed by atoms with Crippen molar-refractivity contribution in [3.05, 3.63) is 11.4 Å². The second-order valence-electron chi connectivity index (χ2n) is 5.27. The number of rotatable bonds is 3. The number of aromatic amines is 1. The molecule has 1 aromatic heterocycles. The van der Waals surface area contributed by atoms with E-state index in [1.165, 1.54) is 4.31 Å². The fourth-order valence-corrected chi connectivity index (χ4v) is 4.45. The van der Waals surface area contributed by atoms with E-state index in [1.54, 1.807) is 6.92 Å². The number of H-pyrrole nitrogens is 1. The van der Waals surface area contributed by atoms with Gasteiger partial charge in [0.15, 0.2) is 0 Å². The van der Waals surface area contributed by atoms with Crippen molar-refractivity contribution in [1.29, 1.82) is 0 Å². The molecule has 1 aliphatic rings. The summed E-state index contributed by atoms with van der Waals surface area (Å²) >= 11 is 0. The third kappa shape index (κ3) is 2.40. The molecule has 0 bridgehead atoms. The number of sulfonamides is 1. The number of aromatic nitrogens is 2. The minimum absolute atomic E-state index is 0.0870. The van der Waals surface area contributed by atoms with Crippen LogP contribution in [0.1, 0.15) is 25.2 Å². The molecule has 1 saturated heterocycles. The van der Waals surface area contributed by atoms with Gasteiger partial charge >= 0.3 is 0 Å². The minimum atomic E-state index is -3.62. The fourth-order valence-electron chi connectivity index (χ4n) is 2.35. The second-order valence-corrected chi connectivity index (χ2v) is 7.07. The topological polar surface area (TPSA) is 101 Å². The van der Waals surface area contributed by atoms with Crippen LogP contribution in [0.4, 0.5) is 0 Å². The van der Waals surface area contributed by atoms with Gasteiger partial charge in [0, 0.05) is 13.1 Å². The van der Waals surface area contributed by atoms with E-state index in [4.69, 9.17) is 10.5 Å². The summed E-state index contributed by atoms with van der Waals surface area (Å²) in [6.07, 6.45) is 0. The van der Waals surface area contributed by atoms with Gasteiger partial charge in [-0.15, -0.1) is 0 Å². The van der Waals surface area contributed by atoms with Crippen LogP contribution in [0.2, 0.25) is 0 Å². The summed E-state index contributed by atoms with van der Waals surface area (Å²) in [5.74, 6) is 0. The fraction of sp³-hybridized carbons (Fsp3) is 0.727. The highest BCUT2D eigenvalue weighted by molar-refractivity contribution is 7.89. The molecular weight excluding hydrogens is 268 g/mol. The Bertz CT molecular complexity index is 564. The second kappa shape index (κ2) is 4.86. The normalized spacial score (nSPS) is 20.6. The van der Waals surface area contributed by atoms with Crippen LogP contribution >= 0.6 is 0 Å². The van der Waals surface area contributed by atoms with E-state index in [9.17, 15) is 8.42 Å². The summed E-state index contributed by atoms with van der Waals surface area (Å²) in [5, 5.41) is 6.65. The van der Waals surface area contributed by atoms with Crippen molar-refractivity contribution in [2.45, 2.75) is 37.8 Å². The largest absolute Gasteiger partial charge is 0.378 e. The van der Waals surface area contributed by atoms with E-state index in [-0.39, 0.29) is 11.4 Å². The Balaban J connectivity index is 2.50. The zero-order chi connectivity index (χ0) is 14.3. The van der Waals surface area contributed by atoms with Gasteiger partial charge in [0.2, 0.25) is 10.0 Å². The monoisotopic (exact) mass is 288 g/mol.